The van der Waals surface area contributed by atoms with Crippen LogP contribution in [-0.2, 0) is 11.3 Å². The first-order valence-electron chi connectivity index (χ1n) is 9.77. The van der Waals surface area contributed by atoms with Crippen LogP contribution < -0.4 is 5.32 Å². The van der Waals surface area contributed by atoms with E-state index in [2.05, 4.69) is 42.2 Å². The van der Waals surface area contributed by atoms with Gasteiger partial charge in [0, 0.05) is 11.9 Å². The molecule has 1 amide bonds. The quantitative estimate of drug-likeness (QED) is 0.210. The molecule has 164 valence electrons. The minimum Gasteiger partial charge on any atom is -0.319 e. The summed E-state index contributed by atoms with van der Waals surface area (Å²) in [5.41, 5.74) is 3.52. The Hall–Kier alpha value is -3.90. The van der Waals surface area contributed by atoms with Crippen molar-refractivity contribution in [2.75, 3.05) is 11.1 Å². The number of aromatic nitrogens is 5. The number of nitrogens with zero attached hydrogens (tertiary/aromatic N) is 6. The van der Waals surface area contributed by atoms with E-state index >= 15 is 0 Å². The summed E-state index contributed by atoms with van der Waals surface area (Å²) in [6, 6.07) is 18.0. The van der Waals surface area contributed by atoms with Crippen LogP contribution >= 0.6 is 23.1 Å². The van der Waals surface area contributed by atoms with E-state index in [0.717, 1.165) is 45.8 Å². The maximum Gasteiger partial charge on any atom is 0.345 e. The van der Waals surface area contributed by atoms with E-state index in [1.54, 1.807) is 0 Å². The van der Waals surface area contributed by atoms with E-state index < -0.39 is 4.92 Å². The van der Waals surface area contributed by atoms with Gasteiger partial charge in [0.05, 0.1) is 16.2 Å². The van der Waals surface area contributed by atoms with Gasteiger partial charge in [-0.2, -0.15) is 0 Å². The molecule has 0 fully saturated rings. The Balaban J connectivity index is 1.39. The molecule has 0 aliphatic rings. The van der Waals surface area contributed by atoms with E-state index in [4.69, 9.17) is 0 Å². The van der Waals surface area contributed by atoms with Gasteiger partial charge in [-0.05, 0) is 23.0 Å². The van der Waals surface area contributed by atoms with Crippen molar-refractivity contribution in [3.8, 4) is 0 Å². The average molecular weight is 478 g/mol. The lowest BCUT2D eigenvalue weighted by Gasteiger charge is -2.07. The molecular weight excluding hydrogens is 462 g/mol. The van der Waals surface area contributed by atoms with Crippen molar-refractivity contribution < 1.29 is 9.72 Å². The SMILES string of the molecule is O=C(CSc1nnc2c3ccccc3n(Cc3ccccc3)c2n1)Nc1ncc([N+](=O)[O-])s1. The van der Waals surface area contributed by atoms with Crippen LogP contribution in [0, 0.1) is 10.1 Å². The molecule has 0 radical (unpaired) electrons. The lowest BCUT2D eigenvalue weighted by atomic mass is 10.2. The molecule has 3 heterocycles. The Morgan fingerprint density at radius 3 is 2.70 bits per heavy atom. The molecule has 5 rings (SSSR count). The monoisotopic (exact) mass is 477 g/mol. The highest BCUT2D eigenvalue weighted by atomic mass is 32.2. The third kappa shape index (κ3) is 4.38. The van der Waals surface area contributed by atoms with Crippen molar-refractivity contribution in [1.82, 2.24) is 24.7 Å². The van der Waals surface area contributed by atoms with E-state index in [1.165, 1.54) is 0 Å². The van der Waals surface area contributed by atoms with Gasteiger partial charge in [0.15, 0.2) is 10.8 Å². The first kappa shape index (κ1) is 21.0. The van der Waals surface area contributed by atoms with E-state index in [0.29, 0.717) is 22.9 Å². The lowest BCUT2D eigenvalue weighted by Crippen LogP contribution is -2.14. The summed E-state index contributed by atoms with van der Waals surface area (Å²) in [4.78, 5) is 31.0. The highest BCUT2D eigenvalue weighted by Gasteiger charge is 2.17. The fourth-order valence-corrected chi connectivity index (χ4v) is 4.60. The van der Waals surface area contributed by atoms with Gasteiger partial charge in [-0.25, -0.2) is 9.97 Å². The second-order valence-electron chi connectivity index (χ2n) is 6.95. The summed E-state index contributed by atoms with van der Waals surface area (Å²) in [6.07, 6.45) is 1.11. The Morgan fingerprint density at radius 2 is 1.91 bits per heavy atom. The van der Waals surface area contributed by atoms with Crippen LogP contribution in [0.3, 0.4) is 0 Å². The number of anilines is 1. The molecule has 1 N–H and O–H groups in total. The first-order valence-corrected chi connectivity index (χ1v) is 11.6. The van der Waals surface area contributed by atoms with Crippen molar-refractivity contribution in [1.29, 1.82) is 0 Å². The number of hydrogen-bond donors (Lipinski definition) is 1. The van der Waals surface area contributed by atoms with E-state index in [-0.39, 0.29) is 21.8 Å². The summed E-state index contributed by atoms with van der Waals surface area (Å²) in [5, 5.41) is 23.2. The third-order valence-corrected chi connectivity index (χ3v) is 6.49. The molecule has 0 spiro atoms. The third-order valence-electron chi connectivity index (χ3n) is 4.79. The number of thioether (sulfide) groups is 1. The van der Waals surface area contributed by atoms with Gasteiger partial charge in [-0.15, -0.1) is 10.2 Å². The molecule has 10 nitrogen and oxygen atoms in total. The number of carbonyl (C=O) groups is 1. The Bertz CT molecular complexity index is 1480. The number of amides is 1. The molecule has 12 heteroatoms. The summed E-state index contributed by atoms with van der Waals surface area (Å²) >= 11 is 1.93. The molecule has 5 aromatic rings. The highest BCUT2D eigenvalue weighted by molar-refractivity contribution is 7.99. The van der Waals surface area contributed by atoms with Gasteiger partial charge in [-0.3, -0.25) is 14.9 Å². The van der Waals surface area contributed by atoms with Crippen LogP contribution in [0.5, 0.6) is 0 Å². The second kappa shape index (κ2) is 8.92. The van der Waals surface area contributed by atoms with Crippen LogP contribution in [-0.4, -0.2) is 41.3 Å². The molecule has 0 bridgehead atoms. The number of rotatable bonds is 7. The highest BCUT2D eigenvalue weighted by Crippen LogP contribution is 2.28. The van der Waals surface area contributed by atoms with Gasteiger partial charge >= 0.3 is 5.00 Å². The van der Waals surface area contributed by atoms with Gasteiger partial charge in [0.2, 0.25) is 11.1 Å². The smallest absolute Gasteiger partial charge is 0.319 e. The number of nitrogens with one attached hydrogen (secondary N) is 1. The zero-order valence-electron chi connectivity index (χ0n) is 16.9. The van der Waals surface area contributed by atoms with Crippen molar-refractivity contribution >= 4 is 61.2 Å². The summed E-state index contributed by atoms with van der Waals surface area (Å²) in [5.74, 6) is -0.350. The van der Waals surface area contributed by atoms with Crippen LogP contribution in [0.2, 0.25) is 0 Å². The van der Waals surface area contributed by atoms with Crippen LogP contribution in [0.25, 0.3) is 22.1 Å². The van der Waals surface area contributed by atoms with Gasteiger partial charge in [-0.1, -0.05) is 60.3 Å². The Labute approximate surface area is 194 Å². The molecule has 3 aromatic heterocycles. The zero-order valence-corrected chi connectivity index (χ0v) is 18.5. The average Bonchev–Trinajstić information content (AvgIpc) is 3.42. The van der Waals surface area contributed by atoms with E-state index in [1.807, 2.05) is 42.5 Å². The first-order chi connectivity index (χ1) is 16.1. The number of benzene rings is 2. The van der Waals surface area contributed by atoms with Crippen molar-refractivity contribution in [3.05, 3.63) is 76.5 Å². The predicted octanol–water partition coefficient (Wildman–Crippen LogP) is 4.12. The summed E-state index contributed by atoms with van der Waals surface area (Å²) < 4.78 is 2.09. The topological polar surface area (TPSA) is 129 Å². The van der Waals surface area contributed by atoms with Crippen molar-refractivity contribution in [2.24, 2.45) is 0 Å². The lowest BCUT2D eigenvalue weighted by molar-refractivity contribution is -0.380. The molecule has 0 saturated heterocycles. The molecule has 0 unspecified atom stereocenters. The standard InChI is InChI=1S/C21H15N7O3S2/c29-16(23-20-22-10-17(33-20)28(30)31)12-32-21-24-19-18(25-26-21)14-8-4-5-9-15(14)27(19)11-13-6-2-1-3-7-13/h1-10H,11-12H2,(H,22,23,29). The Kier molecular flexibility index (Phi) is 5.67. The van der Waals surface area contributed by atoms with Crippen LogP contribution in [0.15, 0.2) is 66.0 Å². The zero-order chi connectivity index (χ0) is 22.8. The molecule has 0 saturated carbocycles. The number of hydrogen-bond acceptors (Lipinski definition) is 9. The van der Waals surface area contributed by atoms with Gasteiger partial charge in [0.1, 0.15) is 11.7 Å². The minimum absolute atomic E-state index is 0.0134. The molecule has 2 aromatic carbocycles. The number of carbonyl (C=O) groups excluding carboxylic acids is 1. The van der Waals surface area contributed by atoms with E-state index in [9.17, 15) is 14.9 Å². The Morgan fingerprint density at radius 1 is 1.12 bits per heavy atom. The number of fused-ring (bicyclic) bond motifs is 3. The van der Waals surface area contributed by atoms with Crippen LogP contribution in [0.1, 0.15) is 5.56 Å². The van der Waals surface area contributed by atoms with Crippen LogP contribution in [0.4, 0.5) is 10.1 Å². The summed E-state index contributed by atoms with van der Waals surface area (Å²) in [6.45, 7) is 0.622. The van der Waals surface area contributed by atoms with Gasteiger partial charge < -0.3 is 9.88 Å². The molecule has 0 aliphatic heterocycles. The minimum atomic E-state index is -0.550. The van der Waals surface area contributed by atoms with Crippen molar-refractivity contribution in [3.63, 3.8) is 0 Å². The number of nitro groups is 1. The fraction of sp³-hybridized carbons (Fsp3) is 0.0952. The second-order valence-corrected chi connectivity index (χ2v) is 8.90. The largest absolute Gasteiger partial charge is 0.345 e. The molecular formula is C21H15N7O3S2. The van der Waals surface area contributed by atoms with Gasteiger partial charge in [0.25, 0.3) is 0 Å². The normalized spacial score (nSPS) is 11.2. The molecule has 0 aliphatic carbocycles. The number of thiazole rings is 1. The summed E-state index contributed by atoms with van der Waals surface area (Å²) in [7, 11) is 0. The number of para-hydroxylation sites is 1. The maximum absolute atomic E-state index is 12.3. The molecule has 0 atom stereocenters. The van der Waals surface area contributed by atoms with Crippen molar-refractivity contribution in [2.45, 2.75) is 11.7 Å². The molecule has 33 heavy (non-hydrogen) atoms. The predicted molar refractivity (Wildman–Crippen MR) is 126 cm³/mol. The fourth-order valence-electron chi connectivity index (χ4n) is 3.37. The maximum atomic E-state index is 12.3.